The smallest absolute Gasteiger partial charge is 2.00 e. The first-order chi connectivity index (χ1) is 0. The van der Waals surface area contributed by atoms with Crippen molar-refractivity contribution in [3.05, 3.63) is 0 Å². The Morgan fingerprint density at radius 3 is 0.364 bits per heavy atom. The predicted octanol–water partition coefficient (Wildman–Crippen LogP) is -6.60. The predicted molar refractivity (Wildman–Crippen MR) is 3.43 cm³/mol. The molecule has 0 aromatic carbocycles. The van der Waals surface area contributed by atoms with Gasteiger partial charge in [-0.2, -0.15) is 0 Å². The zero-order chi connectivity index (χ0) is 0. The van der Waals surface area contributed by atoms with Gasteiger partial charge in [-0.25, -0.2) is 0 Å². The SMILES string of the molecule is [Co+2].[Co+2].[Li+].[Li+].[Mn+2].[Mn+2].[O-2].[O-2].[O-2].[O-2].[O-2]. The van der Waals surface area contributed by atoms with Gasteiger partial charge in [0.25, 0.3) is 0 Å². The van der Waals surface area contributed by atoms with Crippen LogP contribution in [0.15, 0.2) is 0 Å². The van der Waals surface area contributed by atoms with Crippen molar-refractivity contribution in [2.75, 3.05) is 0 Å². The second kappa shape index (κ2) is 204. The van der Waals surface area contributed by atoms with Gasteiger partial charge in [0.15, 0.2) is 0 Å². The van der Waals surface area contributed by atoms with Crippen LogP contribution in [-0.2, 0) is 95.1 Å². The summed E-state index contributed by atoms with van der Waals surface area (Å²) in [6, 6.07) is 0. The third-order valence-electron chi connectivity index (χ3n) is 0. The van der Waals surface area contributed by atoms with E-state index in [-0.39, 0.29) is 133 Å². The average molecular weight is 322 g/mol. The normalized spacial score (nSPS) is 0. The summed E-state index contributed by atoms with van der Waals surface area (Å²) in [6.07, 6.45) is 0. The van der Waals surface area contributed by atoms with E-state index in [0.29, 0.717) is 0 Å². The Balaban J connectivity index is 0. The zero-order valence-corrected chi connectivity index (χ0v) is 9.91. The Morgan fingerprint density at radius 1 is 0.364 bits per heavy atom. The van der Waals surface area contributed by atoms with E-state index in [1.54, 1.807) is 0 Å². The van der Waals surface area contributed by atoms with E-state index in [2.05, 4.69) is 0 Å². The van der Waals surface area contributed by atoms with E-state index in [1.165, 1.54) is 0 Å². The number of rotatable bonds is 0. The number of hydrogen-bond donors (Lipinski definition) is 0. The maximum atomic E-state index is 0. The first kappa shape index (κ1) is 258. The van der Waals surface area contributed by atoms with Crippen molar-refractivity contribution in [2.45, 2.75) is 0 Å². The van der Waals surface area contributed by atoms with Crippen LogP contribution < -0.4 is 37.7 Å². The molecule has 0 atom stereocenters. The van der Waals surface area contributed by atoms with E-state index in [1.807, 2.05) is 0 Å². The van der Waals surface area contributed by atoms with Crippen LogP contribution in [0.1, 0.15) is 0 Å². The van der Waals surface area contributed by atoms with Crippen LogP contribution in [-0.4, -0.2) is 0 Å². The molecular weight excluding hydrogens is 322 g/mol. The largest absolute Gasteiger partial charge is 2.00 e. The van der Waals surface area contributed by atoms with Gasteiger partial charge in [-0.1, -0.05) is 0 Å². The Kier molecular flexibility index (Phi) is 4780. The molecule has 11 heavy (non-hydrogen) atoms. The van der Waals surface area contributed by atoms with Crippen LogP contribution in [0.3, 0.4) is 0 Å². The first-order valence-corrected chi connectivity index (χ1v) is 0. The van der Waals surface area contributed by atoms with Crippen LogP contribution in [0.4, 0.5) is 0 Å². The van der Waals surface area contributed by atoms with Crippen molar-refractivity contribution in [1.29, 1.82) is 0 Å². The molecule has 0 spiro atoms. The molecule has 0 aromatic heterocycles. The molecule has 11 heteroatoms. The van der Waals surface area contributed by atoms with Crippen LogP contribution >= 0.6 is 0 Å². The summed E-state index contributed by atoms with van der Waals surface area (Å²) in [5.74, 6) is 0. The third kappa shape index (κ3) is 172. The van der Waals surface area contributed by atoms with Crippen molar-refractivity contribution in [3.63, 3.8) is 0 Å². The van der Waals surface area contributed by atoms with E-state index >= 15 is 0 Å². The zero-order valence-electron chi connectivity index (χ0n) is 5.46. The molecule has 0 aliphatic carbocycles. The molecule has 0 N–H and O–H groups in total. The molecule has 0 aliphatic rings. The maximum Gasteiger partial charge on any atom is 2.00 e. The van der Waals surface area contributed by atoms with Gasteiger partial charge in [-0.15, -0.1) is 0 Å². The summed E-state index contributed by atoms with van der Waals surface area (Å²) in [5.41, 5.74) is 0. The molecule has 5 nitrogen and oxygen atoms in total. The molecule has 4 radical (unpaired) electrons. The Bertz CT molecular complexity index is 20.4. The molecule has 0 amide bonds. The summed E-state index contributed by atoms with van der Waals surface area (Å²) >= 11 is 0. The summed E-state index contributed by atoms with van der Waals surface area (Å²) in [6.45, 7) is 0. The van der Waals surface area contributed by atoms with Gasteiger partial charge in [-0.3, -0.25) is 0 Å². The third-order valence-corrected chi connectivity index (χ3v) is 0. The molecular formula is Co2Li2Mn2O5. The standard InChI is InChI=1S/2Co.2Li.2Mn.5O/q2*+2;2*+1;2*+2;5*-2. The number of hydrogen-bond acceptors (Lipinski definition) is 0. The minimum absolute atomic E-state index is 0. The van der Waals surface area contributed by atoms with Crippen molar-refractivity contribution in [3.8, 4) is 0 Å². The fourth-order valence-electron chi connectivity index (χ4n) is 0. The summed E-state index contributed by atoms with van der Waals surface area (Å²) < 4.78 is 0. The minimum atomic E-state index is 0. The molecule has 0 fully saturated rings. The van der Waals surface area contributed by atoms with Gasteiger partial charge in [0.2, 0.25) is 0 Å². The molecule has 0 bridgehead atoms. The van der Waals surface area contributed by atoms with E-state index in [9.17, 15) is 0 Å². The fraction of sp³-hybridized carbons (Fsp3) is 0. The van der Waals surface area contributed by atoms with E-state index in [4.69, 9.17) is 0 Å². The van der Waals surface area contributed by atoms with E-state index in [0.717, 1.165) is 0 Å². The van der Waals surface area contributed by atoms with Crippen LogP contribution in [0.5, 0.6) is 0 Å². The molecule has 64 valence electrons. The second-order valence-corrected chi connectivity index (χ2v) is 0. The minimum Gasteiger partial charge on any atom is -2.00 e. The van der Waals surface area contributed by atoms with Gasteiger partial charge in [-0.05, 0) is 0 Å². The van der Waals surface area contributed by atoms with Crippen molar-refractivity contribution in [2.24, 2.45) is 0 Å². The molecule has 0 unspecified atom stereocenters. The molecule has 0 heterocycles. The summed E-state index contributed by atoms with van der Waals surface area (Å²) in [4.78, 5) is 0. The molecule has 0 aromatic rings. The van der Waals surface area contributed by atoms with Gasteiger partial charge in [0.1, 0.15) is 0 Å². The molecule has 0 saturated heterocycles. The molecule has 0 aliphatic heterocycles. The van der Waals surface area contributed by atoms with Crippen LogP contribution in [0, 0.1) is 0 Å². The Morgan fingerprint density at radius 2 is 0.364 bits per heavy atom. The topological polar surface area (TPSA) is 142 Å². The van der Waals surface area contributed by atoms with Crippen molar-refractivity contribution < 1.29 is 133 Å². The van der Waals surface area contributed by atoms with Crippen molar-refractivity contribution in [1.82, 2.24) is 0 Å². The monoisotopic (exact) mass is 322 g/mol. The van der Waals surface area contributed by atoms with Gasteiger partial charge in [0.05, 0.1) is 0 Å². The van der Waals surface area contributed by atoms with Gasteiger partial charge < -0.3 is 27.4 Å². The summed E-state index contributed by atoms with van der Waals surface area (Å²) in [7, 11) is 0. The second-order valence-electron chi connectivity index (χ2n) is 0. The molecule has 0 rings (SSSR count). The Labute approximate surface area is 131 Å². The maximum absolute atomic E-state index is 0. The fourth-order valence-corrected chi connectivity index (χ4v) is 0. The van der Waals surface area contributed by atoms with Crippen LogP contribution in [0.2, 0.25) is 0 Å². The van der Waals surface area contributed by atoms with E-state index < -0.39 is 0 Å². The van der Waals surface area contributed by atoms with Crippen LogP contribution in [0.25, 0.3) is 0 Å². The first-order valence-electron chi connectivity index (χ1n) is 0. The average Bonchev–Trinajstić information content (AvgIpc) is 0. The Hall–Kier alpha value is 3.05. The van der Waals surface area contributed by atoms with Crippen molar-refractivity contribution >= 4 is 0 Å². The summed E-state index contributed by atoms with van der Waals surface area (Å²) in [5, 5.41) is 0. The molecule has 0 saturated carbocycles. The van der Waals surface area contributed by atoms with Gasteiger partial charge >= 0.3 is 105 Å². The quantitative estimate of drug-likeness (QED) is 0.391. The van der Waals surface area contributed by atoms with Gasteiger partial charge in [0, 0.05) is 0 Å².